The molecule has 1 amide bonds. The van der Waals surface area contributed by atoms with E-state index in [0.717, 1.165) is 10.0 Å². The molecule has 0 spiro atoms. The first-order valence-corrected chi connectivity index (χ1v) is 8.03. The standard InChI is InChI=1S/C16H21BrN2O4/c1-5-22-16(21)11(3)12(4)18-19-15(20)9-23-13-6-7-14(17)10(2)8-13/h6-8,11H,5,9H2,1-4H3,(H,19,20)/b18-12-. The molecule has 0 fully saturated rings. The summed E-state index contributed by atoms with van der Waals surface area (Å²) in [4.78, 5) is 23.3. The average molecular weight is 385 g/mol. The minimum Gasteiger partial charge on any atom is -0.484 e. The molecule has 0 bridgehead atoms. The lowest BCUT2D eigenvalue weighted by molar-refractivity contribution is -0.145. The lowest BCUT2D eigenvalue weighted by atomic mass is 10.1. The van der Waals surface area contributed by atoms with Crippen molar-refractivity contribution in [1.82, 2.24) is 5.43 Å². The molecular weight excluding hydrogens is 364 g/mol. The minimum absolute atomic E-state index is 0.161. The smallest absolute Gasteiger partial charge is 0.314 e. The summed E-state index contributed by atoms with van der Waals surface area (Å²) in [7, 11) is 0. The molecule has 6 nitrogen and oxygen atoms in total. The van der Waals surface area contributed by atoms with Crippen molar-refractivity contribution >= 4 is 33.5 Å². The molecule has 126 valence electrons. The summed E-state index contributed by atoms with van der Waals surface area (Å²) >= 11 is 3.40. The molecule has 0 saturated carbocycles. The van der Waals surface area contributed by atoms with E-state index in [1.54, 1.807) is 26.8 Å². The van der Waals surface area contributed by atoms with Crippen molar-refractivity contribution in [2.45, 2.75) is 27.7 Å². The Bertz CT molecular complexity index is 602. The minimum atomic E-state index is -0.509. The molecule has 0 aliphatic carbocycles. The first-order valence-electron chi connectivity index (χ1n) is 7.23. The molecule has 1 rings (SSSR count). The predicted octanol–water partition coefficient (Wildman–Crippen LogP) is 2.83. The number of hydrogen-bond donors (Lipinski definition) is 1. The number of hydrazone groups is 1. The summed E-state index contributed by atoms with van der Waals surface area (Å²) in [6.07, 6.45) is 0. The molecule has 0 aromatic heterocycles. The highest BCUT2D eigenvalue weighted by atomic mass is 79.9. The van der Waals surface area contributed by atoms with Crippen LogP contribution in [0.25, 0.3) is 0 Å². The van der Waals surface area contributed by atoms with Gasteiger partial charge in [-0.25, -0.2) is 5.43 Å². The van der Waals surface area contributed by atoms with E-state index in [1.165, 1.54) is 0 Å². The molecule has 1 aromatic rings. The monoisotopic (exact) mass is 384 g/mol. The Balaban J connectivity index is 2.48. The maximum Gasteiger partial charge on any atom is 0.314 e. The Morgan fingerprint density at radius 3 is 2.70 bits per heavy atom. The van der Waals surface area contributed by atoms with Crippen LogP contribution in [0.3, 0.4) is 0 Å². The second-order valence-corrected chi connectivity index (χ2v) is 5.82. The maximum atomic E-state index is 11.7. The van der Waals surface area contributed by atoms with Gasteiger partial charge in [0.1, 0.15) is 5.75 Å². The first-order chi connectivity index (χ1) is 10.8. The van der Waals surface area contributed by atoms with E-state index in [1.807, 2.05) is 19.1 Å². The van der Waals surface area contributed by atoms with Crippen LogP contribution in [0.4, 0.5) is 0 Å². The van der Waals surface area contributed by atoms with Gasteiger partial charge in [-0.3, -0.25) is 9.59 Å². The molecule has 0 radical (unpaired) electrons. The van der Waals surface area contributed by atoms with Gasteiger partial charge in [0.05, 0.1) is 12.5 Å². The van der Waals surface area contributed by atoms with Crippen molar-refractivity contribution in [3.05, 3.63) is 28.2 Å². The number of aryl methyl sites for hydroxylation is 1. The fourth-order valence-corrected chi connectivity index (χ4v) is 1.82. The second-order valence-electron chi connectivity index (χ2n) is 4.96. The summed E-state index contributed by atoms with van der Waals surface area (Å²) in [6.45, 7) is 7.14. The number of nitrogens with one attached hydrogen (secondary N) is 1. The van der Waals surface area contributed by atoms with E-state index in [2.05, 4.69) is 26.5 Å². The second kappa shape index (κ2) is 9.29. The fourth-order valence-electron chi connectivity index (χ4n) is 1.57. The number of carbonyl (C=O) groups excluding carboxylic acids is 2. The number of amides is 1. The Kier molecular flexibility index (Phi) is 7.74. The van der Waals surface area contributed by atoms with Gasteiger partial charge >= 0.3 is 5.97 Å². The summed E-state index contributed by atoms with van der Waals surface area (Å²) < 4.78 is 11.3. The van der Waals surface area contributed by atoms with Crippen LogP contribution in [0.2, 0.25) is 0 Å². The summed E-state index contributed by atoms with van der Waals surface area (Å²) in [5, 5.41) is 3.90. The zero-order chi connectivity index (χ0) is 17.4. The van der Waals surface area contributed by atoms with Crippen molar-refractivity contribution in [3.8, 4) is 5.75 Å². The molecule has 0 saturated heterocycles. The van der Waals surface area contributed by atoms with Crippen molar-refractivity contribution in [1.29, 1.82) is 0 Å². The average Bonchev–Trinajstić information content (AvgIpc) is 2.53. The Morgan fingerprint density at radius 2 is 2.09 bits per heavy atom. The molecule has 23 heavy (non-hydrogen) atoms. The molecule has 1 atom stereocenters. The lowest BCUT2D eigenvalue weighted by Crippen LogP contribution is -2.28. The topological polar surface area (TPSA) is 77.0 Å². The van der Waals surface area contributed by atoms with Crippen LogP contribution >= 0.6 is 15.9 Å². The lowest BCUT2D eigenvalue weighted by Gasteiger charge is -2.10. The fraction of sp³-hybridized carbons (Fsp3) is 0.438. The van der Waals surface area contributed by atoms with E-state index >= 15 is 0 Å². The van der Waals surface area contributed by atoms with E-state index in [9.17, 15) is 9.59 Å². The molecular formula is C16H21BrN2O4. The van der Waals surface area contributed by atoms with E-state index in [0.29, 0.717) is 18.1 Å². The third kappa shape index (κ3) is 6.40. The highest BCUT2D eigenvalue weighted by Gasteiger charge is 2.17. The normalized spacial score (nSPS) is 12.5. The van der Waals surface area contributed by atoms with Gasteiger partial charge in [0, 0.05) is 10.2 Å². The van der Waals surface area contributed by atoms with Gasteiger partial charge in [0.15, 0.2) is 6.61 Å². The third-order valence-corrected chi connectivity index (χ3v) is 4.01. The Morgan fingerprint density at radius 1 is 1.39 bits per heavy atom. The summed E-state index contributed by atoms with van der Waals surface area (Å²) in [6, 6.07) is 5.45. The number of nitrogens with zero attached hydrogens (tertiary/aromatic N) is 1. The SMILES string of the molecule is CCOC(=O)C(C)/C(C)=N\NC(=O)COc1ccc(Br)c(C)c1. The summed E-state index contributed by atoms with van der Waals surface area (Å²) in [5.74, 6) is -0.683. The molecule has 0 aliphatic rings. The number of benzene rings is 1. The third-order valence-electron chi connectivity index (χ3n) is 3.12. The van der Waals surface area contributed by atoms with Crippen LogP contribution in [-0.4, -0.2) is 30.8 Å². The van der Waals surface area contributed by atoms with E-state index in [-0.39, 0.29) is 12.6 Å². The highest BCUT2D eigenvalue weighted by molar-refractivity contribution is 9.10. The number of hydrogen-bond acceptors (Lipinski definition) is 5. The molecule has 1 N–H and O–H groups in total. The molecule has 7 heteroatoms. The summed E-state index contributed by atoms with van der Waals surface area (Å²) in [5.41, 5.74) is 3.85. The van der Waals surface area contributed by atoms with Crippen molar-refractivity contribution < 1.29 is 19.1 Å². The van der Waals surface area contributed by atoms with Crippen LogP contribution in [0.1, 0.15) is 26.3 Å². The predicted molar refractivity (Wildman–Crippen MR) is 91.4 cm³/mol. The Hall–Kier alpha value is -1.89. The zero-order valence-electron chi connectivity index (χ0n) is 13.7. The van der Waals surface area contributed by atoms with Crippen molar-refractivity contribution in [3.63, 3.8) is 0 Å². The van der Waals surface area contributed by atoms with Crippen LogP contribution in [-0.2, 0) is 14.3 Å². The van der Waals surface area contributed by atoms with E-state index < -0.39 is 11.8 Å². The number of ether oxygens (including phenoxy) is 2. The van der Waals surface area contributed by atoms with Crippen molar-refractivity contribution in [2.24, 2.45) is 11.0 Å². The quantitative estimate of drug-likeness (QED) is 0.445. The van der Waals surface area contributed by atoms with Gasteiger partial charge in [-0.2, -0.15) is 5.10 Å². The number of esters is 1. The van der Waals surface area contributed by atoms with Gasteiger partial charge < -0.3 is 9.47 Å². The van der Waals surface area contributed by atoms with Crippen molar-refractivity contribution in [2.75, 3.05) is 13.2 Å². The Labute approximate surface area is 144 Å². The maximum absolute atomic E-state index is 11.7. The van der Waals surface area contributed by atoms with Crippen LogP contribution in [0.15, 0.2) is 27.8 Å². The highest BCUT2D eigenvalue weighted by Crippen LogP contribution is 2.21. The van der Waals surface area contributed by atoms with Crippen LogP contribution in [0, 0.1) is 12.8 Å². The van der Waals surface area contributed by atoms with Gasteiger partial charge in [0.25, 0.3) is 5.91 Å². The number of carbonyl (C=O) groups is 2. The van der Waals surface area contributed by atoms with Gasteiger partial charge in [-0.15, -0.1) is 0 Å². The number of halogens is 1. The first kappa shape index (κ1) is 19.2. The largest absolute Gasteiger partial charge is 0.484 e. The van der Waals surface area contributed by atoms with Gasteiger partial charge in [-0.1, -0.05) is 15.9 Å². The molecule has 1 aromatic carbocycles. The number of rotatable bonds is 7. The van der Waals surface area contributed by atoms with Crippen LogP contribution < -0.4 is 10.2 Å². The van der Waals surface area contributed by atoms with Gasteiger partial charge in [0.2, 0.25) is 0 Å². The molecule has 0 aliphatic heterocycles. The molecule has 0 heterocycles. The van der Waals surface area contributed by atoms with E-state index in [4.69, 9.17) is 9.47 Å². The van der Waals surface area contributed by atoms with Crippen LogP contribution in [0.5, 0.6) is 5.75 Å². The zero-order valence-corrected chi connectivity index (χ0v) is 15.3. The molecule has 1 unspecified atom stereocenters. The van der Waals surface area contributed by atoms with Gasteiger partial charge in [-0.05, 0) is 51.5 Å².